The summed E-state index contributed by atoms with van der Waals surface area (Å²) < 4.78 is 80.7. The van der Waals surface area contributed by atoms with Gasteiger partial charge in [0, 0.05) is 11.3 Å². The summed E-state index contributed by atoms with van der Waals surface area (Å²) >= 11 is 0. The molecule has 0 unspecified atom stereocenters. The van der Waals surface area contributed by atoms with Gasteiger partial charge in [0.1, 0.15) is 5.82 Å². The number of carbonyl (C=O) groups is 1. The Morgan fingerprint density at radius 3 is 2.18 bits per heavy atom. The molecule has 0 saturated heterocycles. The number of halogens is 6. The van der Waals surface area contributed by atoms with Gasteiger partial charge in [-0.3, -0.25) is 4.79 Å². The summed E-state index contributed by atoms with van der Waals surface area (Å²) in [6.07, 6.45) is -4.68. The highest BCUT2D eigenvalue weighted by Gasteiger charge is 2.33. The highest BCUT2D eigenvalue weighted by Crippen LogP contribution is 2.38. The molecule has 1 N–H and O–H groups in total. The molecule has 0 aliphatic heterocycles. The molecule has 144 valence electrons. The maximum Gasteiger partial charge on any atom is 0.417 e. The minimum absolute atomic E-state index is 0.126. The summed E-state index contributed by atoms with van der Waals surface area (Å²) in [5, 5.41) is 2.18. The van der Waals surface area contributed by atoms with E-state index in [9.17, 15) is 31.1 Å². The third-order valence-corrected chi connectivity index (χ3v) is 3.95. The number of hydrogen-bond donors (Lipinski definition) is 1. The fourth-order valence-corrected chi connectivity index (χ4v) is 2.65. The van der Waals surface area contributed by atoms with Crippen LogP contribution in [0.3, 0.4) is 0 Å². The maximum absolute atomic E-state index is 14.4. The van der Waals surface area contributed by atoms with Crippen LogP contribution >= 0.6 is 0 Å². The van der Waals surface area contributed by atoms with Crippen LogP contribution in [0.1, 0.15) is 15.9 Å². The molecule has 0 aliphatic carbocycles. The lowest BCUT2D eigenvalue weighted by Gasteiger charge is -2.14. The van der Waals surface area contributed by atoms with Crippen molar-refractivity contribution < 1.29 is 31.1 Å². The van der Waals surface area contributed by atoms with Gasteiger partial charge in [-0.1, -0.05) is 24.3 Å². The topological polar surface area (TPSA) is 29.1 Å². The van der Waals surface area contributed by atoms with Crippen LogP contribution in [0.2, 0.25) is 0 Å². The van der Waals surface area contributed by atoms with Crippen LogP contribution in [0, 0.1) is 17.5 Å². The molecule has 3 aromatic carbocycles. The molecule has 0 aliphatic rings. The summed E-state index contributed by atoms with van der Waals surface area (Å²) in [6, 6.07) is 10.5. The molecule has 2 nitrogen and oxygen atoms in total. The lowest BCUT2D eigenvalue weighted by molar-refractivity contribution is -0.137. The first-order chi connectivity index (χ1) is 13.2. The standard InChI is InChI=1S/C20H11F6NO/c21-16-7-3-5-14(18(16)23)19(28)27-11-8-9-13(17(22)10-11)12-4-1-2-6-15(12)20(24,25)26/h1-10H,(H,27,28). The van der Waals surface area contributed by atoms with Crippen LogP contribution in [0.4, 0.5) is 32.0 Å². The van der Waals surface area contributed by atoms with Gasteiger partial charge in [0.2, 0.25) is 0 Å². The number of nitrogens with one attached hydrogen (secondary N) is 1. The summed E-state index contributed by atoms with van der Waals surface area (Å²) in [6.45, 7) is 0. The van der Waals surface area contributed by atoms with Gasteiger partial charge < -0.3 is 5.32 Å². The van der Waals surface area contributed by atoms with E-state index in [1.54, 1.807) is 0 Å². The lowest BCUT2D eigenvalue weighted by atomic mass is 9.98. The Morgan fingerprint density at radius 2 is 1.50 bits per heavy atom. The molecule has 0 fully saturated rings. The maximum atomic E-state index is 14.4. The summed E-state index contributed by atoms with van der Waals surface area (Å²) in [7, 11) is 0. The molecule has 28 heavy (non-hydrogen) atoms. The molecule has 0 aromatic heterocycles. The monoisotopic (exact) mass is 395 g/mol. The molecular weight excluding hydrogens is 384 g/mol. The predicted octanol–water partition coefficient (Wildman–Crippen LogP) is 6.04. The minimum atomic E-state index is -4.68. The van der Waals surface area contributed by atoms with Crippen molar-refractivity contribution in [1.29, 1.82) is 0 Å². The number of carbonyl (C=O) groups excluding carboxylic acids is 1. The number of benzene rings is 3. The number of alkyl halides is 3. The van der Waals surface area contributed by atoms with Crippen molar-refractivity contribution in [3.05, 3.63) is 89.2 Å². The molecule has 1 amide bonds. The van der Waals surface area contributed by atoms with Gasteiger partial charge in [-0.15, -0.1) is 0 Å². The molecule has 0 spiro atoms. The fourth-order valence-electron chi connectivity index (χ4n) is 2.65. The SMILES string of the molecule is O=C(Nc1ccc(-c2ccccc2C(F)(F)F)c(F)c1)c1cccc(F)c1F. The van der Waals surface area contributed by atoms with E-state index >= 15 is 0 Å². The Labute approximate surface area is 155 Å². The van der Waals surface area contributed by atoms with Gasteiger partial charge in [0.05, 0.1) is 11.1 Å². The van der Waals surface area contributed by atoms with Crippen molar-refractivity contribution in [2.24, 2.45) is 0 Å². The van der Waals surface area contributed by atoms with Crippen LogP contribution in [-0.4, -0.2) is 5.91 Å². The van der Waals surface area contributed by atoms with Crippen molar-refractivity contribution >= 4 is 11.6 Å². The van der Waals surface area contributed by atoms with Gasteiger partial charge in [-0.05, 0) is 42.0 Å². The van der Waals surface area contributed by atoms with E-state index in [1.807, 2.05) is 0 Å². The molecule has 0 atom stereocenters. The molecule has 0 saturated carbocycles. The Kier molecular flexibility index (Phi) is 5.13. The Morgan fingerprint density at radius 1 is 0.786 bits per heavy atom. The largest absolute Gasteiger partial charge is 0.417 e. The highest BCUT2D eigenvalue weighted by atomic mass is 19.4. The Hall–Kier alpha value is -3.29. The van der Waals surface area contributed by atoms with Gasteiger partial charge in [-0.2, -0.15) is 13.2 Å². The molecule has 0 bridgehead atoms. The molecule has 8 heteroatoms. The first-order valence-corrected chi connectivity index (χ1v) is 7.90. The van der Waals surface area contributed by atoms with E-state index < -0.39 is 40.7 Å². The van der Waals surface area contributed by atoms with E-state index in [0.29, 0.717) is 0 Å². The molecular formula is C20H11F6NO. The van der Waals surface area contributed by atoms with Crippen molar-refractivity contribution in [3.63, 3.8) is 0 Å². The number of rotatable bonds is 3. The van der Waals surface area contributed by atoms with Gasteiger partial charge in [0.15, 0.2) is 11.6 Å². The lowest BCUT2D eigenvalue weighted by Crippen LogP contribution is -2.14. The highest BCUT2D eigenvalue weighted by molar-refractivity contribution is 6.04. The number of hydrogen-bond acceptors (Lipinski definition) is 1. The second kappa shape index (κ2) is 7.38. The first-order valence-electron chi connectivity index (χ1n) is 7.90. The molecule has 3 aromatic rings. The number of amides is 1. The second-order valence-corrected chi connectivity index (χ2v) is 5.79. The van der Waals surface area contributed by atoms with Gasteiger partial charge >= 0.3 is 6.18 Å². The molecule has 0 radical (unpaired) electrons. The molecule has 3 rings (SSSR count). The average Bonchev–Trinajstić information content (AvgIpc) is 2.63. The fraction of sp³-hybridized carbons (Fsp3) is 0.0500. The molecule has 0 heterocycles. The zero-order valence-electron chi connectivity index (χ0n) is 13.9. The summed E-state index contributed by atoms with van der Waals surface area (Å²) in [4.78, 5) is 12.0. The summed E-state index contributed by atoms with van der Waals surface area (Å²) in [5.41, 5.74) is -2.40. The van der Waals surface area contributed by atoms with Gasteiger partial charge in [-0.25, -0.2) is 13.2 Å². The Balaban J connectivity index is 1.92. The van der Waals surface area contributed by atoms with Crippen LogP contribution in [0.5, 0.6) is 0 Å². The summed E-state index contributed by atoms with van der Waals surface area (Å²) in [5.74, 6) is -4.64. The van der Waals surface area contributed by atoms with Crippen LogP contribution in [0.25, 0.3) is 11.1 Å². The predicted molar refractivity (Wildman–Crippen MR) is 91.1 cm³/mol. The Bertz CT molecular complexity index is 1050. The smallest absolute Gasteiger partial charge is 0.322 e. The van der Waals surface area contributed by atoms with E-state index in [-0.39, 0.29) is 16.8 Å². The quantitative estimate of drug-likeness (QED) is 0.538. The average molecular weight is 395 g/mol. The van der Waals surface area contributed by atoms with Crippen LogP contribution in [0.15, 0.2) is 60.7 Å². The van der Waals surface area contributed by atoms with Crippen molar-refractivity contribution in [1.82, 2.24) is 0 Å². The first kappa shape index (κ1) is 19.5. The van der Waals surface area contributed by atoms with E-state index in [2.05, 4.69) is 5.32 Å². The normalized spacial score (nSPS) is 11.4. The van der Waals surface area contributed by atoms with Gasteiger partial charge in [0.25, 0.3) is 5.91 Å². The number of anilines is 1. The van der Waals surface area contributed by atoms with Crippen LogP contribution in [-0.2, 0) is 6.18 Å². The van der Waals surface area contributed by atoms with E-state index in [4.69, 9.17) is 0 Å². The third-order valence-electron chi connectivity index (χ3n) is 3.95. The third kappa shape index (κ3) is 3.85. The van der Waals surface area contributed by atoms with Crippen molar-refractivity contribution in [3.8, 4) is 11.1 Å². The van der Waals surface area contributed by atoms with E-state index in [1.165, 1.54) is 18.2 Å². The minimum Gasteiger partial charge on any atom is -0.322 e. The van der Waals surface area contributed by atoms with Crippen molar-refractivity contribution in [2.45, 2.75) is 6.18 Å². The van der Waals surface area contributed by atoms with Crippen LogP contribution < -0.4 is 5.32 Å². The zero-order chi connectivity index (χ0) is 20.5. The zero-order valence-corrected chi connectivity index (χ0v) is 13.9. The second-order valence-electron chi connectivity index (χ2n) is 5.79. The van der Waals surface area contributed by atoms with E-state index in [0.717, 1.165) is 42.5 Å². The van der Waals surface area contributed by atoms with Crippen molar-refractivity contribution in [2.75, 3.05) is 5.32 Å².